The molecule has 0 unspecified atom stereocenters. The smallest absolute Gasteiger partial charge is 0.0811 e. The second kappa shape index (κ2) is 7.22. The van der Waals surface area contributed by atoms with Crippen LogP contribution < -0.4 is 0 Å². The molecule has 0 aliphatic carbocycles. The molecule has 2 rings (SSSR count). The van der Waals surface area contributed by atoms with E-state index in [1.165, 1.54) is 11.1 Å². The fourth-order valence-corrected chi connectivity index (χ4v) is 2.81. The van der Waals surface area contributed by atoms with Crippen LogP contribution in [0.2, 0.25) is 0 Å². The monoisotopic (exact) mass is 324 g/mol. The highest BCUT2D eigenvalue weighted by atomic mass is 79.9. The number of aliphatic hydroxyl groups is 1. The molecule has 1 aromatic rings. The molecule has 1 aliphatic heterocycles. The molecule has 0 bridgehead atoms. The van der Waals surface area contributed by atoms with E-state index in [1.54, 1.807) is 0 Å². The number of hydrogen-bond donors (Lipinski definition) is 1. The second-order valence-corrected chi connectivity index (χ2v) is 5.93. The Kier molecular flexibility index (Phi) is 5.61. The fourth-order valence-electron chi connectivity index (χ4n) is 2.54. The Morgan fingerprint density at radius 2 is 2.11 bits per heavy atom. The number of hydrogen-bond acceptors (Lipinski definition) is 2. The molecule has 3 heteroatoms. The van der Waals surface area contributed by atoms with Crippen LogP contribution in [-0.4, -0.2) is 24.4 Å². The Morgan fingerprint density at radius 3 is 2.74 bits per heavy atom. The highest BCUT2D eigenvalue weighted by Gasteiger charge is 2.23. The van der Waals surface area contributed by atoms with Crippen LogP contribution in [-0.2, 0) is 4.74 Å². The van der Waals surface area contributed by atoms with E-state index in [-0.39, 0.29) is 18.6 Å². The number of rotatable bonds is 5. The van der Waals surface area contributed by atoms with Gasteiger partial charge in [-0.25, -0.2) is 0 Å². The van der Waals surface area contributed by atoms with Gasteiger partial charge in [-0.05, 0) is 36.1 Å². The molecule has 0 amide bonds. The first-order valence-electron chi connectivity index (χ1n) is 6.93. The van der Waals surface area contributed by atoms with Crippen LogP contribution in [0.15, 0.2) is 34.8 Å². The summed E-state index contributed by atoms with van der Waals surface area (Å²) in [4.78, 5) is 0. The third kappa shape index (κ3) is 3.91. The Hall–Kier alpha value is -0.640. The van der Waals surface area contributed by atoms with Gasteiger partial charge in [0.15, 0.2) is 0 Å². The van der Waals surface area contributed by atoms with Crippen molar-refractivity contribution in [2.24, 2.45) is 5.92 Å². The average molecular weight is 325 g/mol. The average Bonchev–Trinajstić information content (AvgIpc) is 2.45. The molecule has 104 valence electrons. The molecular formula is C16H21BrO2. The van der Waals surface area contributed by atoms with E-state index in [9.17, 15) is 5.11 Å². The lowest BCUT2D eigenvalue weighted by Gasteiger charge is -2.28. The van der Waals surface area contributed by atoms with Crippen LogP contribution >= 0.6 is 15.9 Å². The highest BCUT2D eigenvalue weighted by Crippen LogP contribution is 2.28. The molecule has 0 fully saturated rings. The van der Waals surface area contributed by atoms with Gasteiger partial charge in [0.05, 0.1) is 12.7 Å². The largest absolute Gasteiger partial charge is 0.396 e. The molecule has 1 aromatic carbocycles. The third-order valence-corrected chi connectivity index (χ3v) is 4.15. The zero-order valence-electron chi connectivity index (χ0n) is 11.3. The van der Waals surface area contributed by atoms with Gasteiger partial charge in [0.1, 0.15) is 0 Å². The van der Waals surface area contributed by atoms with Gasteiger partial charge in [-0.1, -0.05) is 47.5 Å². The summed E-state index contributed by atoms with van der Waals surface area (Å²) < 4.78 is 6.91. The molecule has 2 atom stereocenters. The lowest BCUT2D eigenvalue weighted by molar-refractivity contribution is 0.0174. The number of halogens is 1. The molecule has 0 aromatic heterocycles. The minimum Gasteiger partial charge on any atom is -0.396 e. The van der Waals surface area contributed by atoms with Crippen molar-refractivity contribution in [2.75, 3.05) is 13.2 Å². The van der Waals surface area contributed by atoms with Gasteiger partial charge in [0.25, 0.3) is 0 Å². The lowest BCUT2D eigenvalue weighted by atomic mass is 9.91. The summed E-state index contributed by atoms with van der Waals surface area (Å²) >= 11 is 3.46. The molecule has 19 heavy (non-hydrogen) atoms. The van der Waals surface area contributed by atoms with Crippen LogP contribution in [0.1, 0.15) is 31.7 Å². The van der Waals surface area contributed by atoms with Crippen molar-refractivity contribution in [3.05, 3.63) is 40.4 Å². The summed E-state index contributed by atoms with van der Waals surface area (Å²) in [5, 5.41) is 9.49. The Morgan fingerprint density at radius 1 is 1.37 bits per heavy atom. The van der Waals surface area contributed by atoms with Gasteiger partial charge in [0.2, 0.25) is 0 Å². The maximum Gasteiger partial charge on any atom is 0.0811 e. The molecule has 1 heterocycles. The first-order chi connectivity index (χ1) is 9.24. The van der Waals surface area contributed by atoms with Crippen molar-refractivity contribution >= 4 is 21.5 Å². The van der Waals surface area contributed by atoms with E-state index in [1.807, 2.05) is 0 Å². The van der Waals surface area contributed by atoms with Gasteiger partial charge >= 0.3 is 0 Å². The van der Waals surface area contributed by atoms with E-state index in [2.05, 4.69) is 53.2 Å². The van der Waals surface area contributed by atoms with Crippen LogP contribution in [0, 0.1) is 5.92 Å². The minimum atomic E-state index is 0.0531. The summed E-state index contributed by atoms with van der Waals surface area (Å²) in [7, 11) is 0. The molecular weight excluding hydrogens is 304 g/mol. The Labute approximate surface area is 123 Å². The fraction of sp³-hybridized carbons (Fsp3) is 0.500. The van der Waals surface area contributed by atoms with Crippen molar-refractivity contribution in [3.63, 3.8) is 0 Å². The molecule has 1 aliphatic rings. The van der Waals surface area contributed by atoms with Crippen LogP contribution in [0.3, 0.4) is 0 Å². The lowest BCUT2D eigenvalue weighted by Crippen LogP contribution is -2.28. The van der Waals surface area contributed by atoms with Gasteiger partial charge in [-0.15, -0.1) is 0 Å². The molecule has 2 nitrogen and oxygen atoms in total. The van der Waals surface area contributed by atoms with E-state index in [0.717, 1.165) is 30.3 Å². The summed E-state index contributed by atoms with van der Waals surface area (Å²) in [6, 6.07) is 8.39. The van der Waals surface area contributed by atoms with Crippen LogP contribution in [0.4, 0.5) is 0 Å². The third-order valence-electron chi connectivity index (χ3n) is 3.62. The predicted octanol–water partition coefficient (Wildman–Crippen LogP) is 4.03. The van der Waals surface area contributed by atoms with Gasteiger partial charge < -0.3 is 9.84 Å². The molecule has 0 spiro atoms. The van der Waals surface area contributed by atoms with Crippen molar-refractivity contribution in [3.8, 4) is 0 Å². The molecule has 0 saturated heterocycles. The number of benzene rings is 1. The maximum absolute atomic E-state index is 9.49. The normalized spacial score (nSPS) is 21.0. The quantitative estimate of drug-likeness (QED) is 0.886. The number of aliphatic hydroxyl groups excluding tert-OH is 1. The van der Waals surface area contributed by atoms with E-state index >= 15 is 0 Å². The SMILES string of the molecule is CCC[C@@H](CO)[C@H]1C=C(c2ccc(Br)cc2)CCO1. The van der Waals surface area contributed by atoms with Crippen molar-refractivity contribution in [2.45, 2.75) is 32.3 Å². The van der Waals surface area contributed by atoms with Crippen molar-refractivity contribution in [1.82, 2.24) is 0 Å². The molecule has 0 radical (unpaired) electrons. The number of ether oxygens (including phenoxy) is 1. The summed E-state index contributed by atoms with van der Waals surface area (Å²) in [5.74, 6) is 0.218. The Balaban J connectivity index is 2.16. The summed E-state index contributed by atoms with van der Waals surface area (Å²) in [6.07, 6.45) is 5.28. The summed E-state index contributed by atoms with van der Waals surface area (Å²) in [6.45, 7) is 3.08. The Bertz CT molecular complexity index is 425. The first-order valence-corrected chi connectivity index (χ1v) is 7.73. The zero-order valence-corrected chi connectivity index (χ0v) is 12.9. The zero-order chi connectivity index (χ0) is 13.7. The second-order valence-electron chi connectivity index (χ2n) is 5.02. The van der Waals surface area contributed by atoms with Crippen LogP contribution in [0.5, 0.6) is 0 Å². The molecule has 0 saturated carbocycles. The topological polar surface area (TPSA) is 29.5 Å². The highest BCUT2D eigenvalue weighted by molar-refractivity contribution is 9.10. The van der Waals surface area contributed by atoms with Gasteiger partial charge in [-0.2, -0.15) is 0 Å². The summed E-state index contributed by atoms with van der Waals surface area (Å²) in [5.41, 5.74) is 2.59. The van der Waals surface area contributed by atoms with Crippen LogP contribution in [0.25, 0.3) is 5.57 Å². The first kappa shape index (κ1) is 14.8. The van der Waals surface area contributed by atoms with Crippen molar-refractivity contribution in [1.29, 1.82) is 0 Å². The molecule has 1 N–H and O–H groups in total. The van der Waals surface area contributed by atoms with E-state index in [0.29, 0.717) is 0 Å². The standard InChI is InChI=1S/C16H21BrO2/c1-2-3-14(11-18)16-10-13(8-9-19-16)12-4-6-15(17)7-5-12/h4-7,10,14,16,18H,2-3,8-9,11H2,1H3/t14-,16+/m0/s1. The van der Waals surface area contributed by atoms with Gasteiger partial charge in [-0.3, -0.25) is 0 Å². The van der Waals surface area contributed by atoms with Gasteiger partial charge in [0, 0.05) is 17.0 Å². The van der Waals surface area contributed by atoms with E-state index < -0.39 is 0 Å². The maximum atomic E-state index is 9.49. The predicted molar refractivity (Wildman–Crippen MR) is 82.0 cm³/mol. The van der Waals surface area contributed by atoms with E-state index in [4.69, 9.17) is 4.74 Å². The minimum absolute atomic E-state index is 0.0531. The van der Waals surface area contributed by atoms with Crippen molar-refractivity contribution < 1.29 is 9.84 Å².